The smallest absolute Gasteiger partial charge is 0.207 e. The third kappa shape index (κ3) is 3.57. The van der Waals surface area contributed by atoms with Gasteiger partial charge >= 0.3 is 0 Å². The van der Waals surface area contributed by atoms with E-state index in [0.29, 0.717) is 5.02 Å². The van der Waals surface area contributed by atoms with Crippen molar-refractivity contribution in [3.05, 3.63) is 58.4 Å². The van der Waals surface area contributed by atoms with Crippen LogP contribution in [0.15, 0.2) is 52.9 Å². The predicted octanol–water partition coefficient (Wildman–Crippen LogP) is 5.81. The van der Waals surface area contributed by atoms with Crippen LogP contribution in [0, 0.1) is 0 Å². The van der Waals surface area contributed by atoms with E-state index in [-0.39, 0.29) is 6.04 Å². The minimum absolute atomic E-state index is 0.0325. The van der Waals surface area contributed by atoms with Gasteiger partial charge in [-0.05, 0) is 31.2 Å². The van der Waals surface area contributed by atoms with Gasteiger partial charge in [0.2, 0.25) is 5.13 Å². The van der Waals surface area contributed by atoms with Gasteiger partial charge in [0.15, 0.2) is 0 Å². The second kappa shape index (κ2) is 7.81. The Bertz CT molecular complexity index is 1020. The zero-order chi connectivity index (χ0) is 19.7. The van der Waals surface area contributed by atoms with E-state index in [4.69, 9.17) is 31.2 Å². The molecule has 144 valence electrons. The van der Waals surface area contributed by atoms with Gasteiger partial charge < -0.3 is 9.47 Å². The number of methoxy groups -OCH3 is 2. The molecule has 0 saturated heterocycles. The molecule has 1 aromatic heterocycles. The van der Waals surface area contributed by atoms with Crippen LogP contribution in [-0.2, 0) is 0 Å². The molecule has 5 nitrogen and oxygen atoms in total. The van der Waals surface area contributed by atoms with Gasteiger partial charge in [-0.15, -0.1) is 11.3 Å². The minimum atomic E-state index is 0.0325. The molecule has 1 aliphatic heterocycles. The molecule has 1 aliphatic rings. The van der Waals surface area contributed by atoms with E-state index in [2.05, 4.69) is 0 Å². The lowest BCUT2D eigenvalue weighted by molar-refractivity contribution is 0.388. The Labute approximate surface area is 173 Å². The fraction of sp³-hybridized carbons (Fsp3) is 0.238. The van der Waals surface area contributed by atoms with Crippen molar-refractivity contribution in [2.75, 3.05) is 19.2 Å². The van der Waals surface area contributed by atoms with Crippen molar-refractivity contribution in [1.29, 1.82) is 0 Å². The first-order chi connectivity index (χ1) is 13.6. The number of nitrogens with zero attached hydrogens (tertiary/aromatic N) is 3. The maximum absolute atomic E-state index is 6.00. The molecule has 7 heteroatoms. The van der Waals surface area contributed by atoms with Gasteiger partial charge in [-0.3, -0.25) is 0 Å². The van der Waals surface area contributed by atoms with Crippen molar-refractivity contribution in [2.24, 2.45) is 5.10 Å². The first kappa shape index (κ1) is 18.8. The number of hydrazone groups is 1. The minimum Gasteiger partial charge on any atom is -0.497 e. The second-order valence-corrected chi connectivity index (χ2v) is 7.80. The monoisotopic (exact) mass is 413 g/mol. The highest BCUT2D eigenvalue weighted by atomic mass is 35.5. The highest BCUT2D eigenvalue weighted by Crippen LogP contribution is 2.42. The van der Waals surface area contributed by atoms with E-state index in [9.17, 15) is 0 Å². The molecule has 0 saturated carbocycles. The summed E-state index contributed by atoms with van der Waals surface area (Å²) in [4.78, 5) is 4.82. The van der Waals surface area contributed by atoms with E-state index in [1.54, 1.807) is 25.6 Å². The van der Waals surface area contributed by atoms with Gasteiger partial charge in [-0.25, -0.2) is 9.99 Å². The summed E-state index contributed by atoms with van der Waals surface area (Å²) in [5, 5.41) is 10.3. The number of halogens is 1. The average Bonchev–Trinajstić information content (AvgIpc) is 3.34. The number of aromatic nitrogens is 1. The quantitative estimate of drug-likeness (QED) is 0.529. The van der Waals surface area contributed by atoms with Gasteiger partial charge in [-0.2, -0.15) is 5.10 Å². The largest absolute Gasteiger partial charge is 0.497 e. The maximum Gasteiger partial charge on any atom is 0.207 e. The molecule has 0 N–H and O–H groups in total. The number of thiazole rings is 1. The molecule has 3 aromatic rings. The van der Waals surface area contributed by atoms with Crippen LogP contribution < -0.4 is 14.5 Å². The van der Waals surface area contributed by atoms with E-state index >= 15 is 0 Å². The SMILES string of the molecule is COc1ccc(C2CC(C)=NN2c2nc(-c3ccc(Cl)cc3)cs2)c(OC)c1. The Balaban J connectivity index is 1.68. The van der Waals surface area contributed by atoms with Crippen LogP contribution in [0.2, 0.25) is 5.02 Å². The summed E-state index contributed by atoms with van der Waals surface area (Å²) in [6.45, 7) is 2.04. The van der Waals surface area contributed by atoms with Crippen molar-refractivity contribution in [3.63, 3.8) is 0 Å². The number of hydrogen-bond donors (Lipinski definition) is 0. The molecular formula is C21H20ClN3O2S. The Hall–Kier alpha value is -2.57. The van der Waals surface area contributed by atoms with Crippen LogP contribution in [0.5, 0.6) is 11.5 Å². The standard InChI is InChI=1S/C21H20ClN3O2S/c1-13-10-19(17-9-8-16(26-2)11-20(17)27-3)25(24-13)21-23-18(12-28-21)14-4-6-15(22)7-5-14/h4-9,11-12,19H,10H2,1-3H3. The third-order valence-corrected chi connectivity index (χ3v) is 5.77. The number of hydrogen-bond acceptors (Lipinski definition) is 6. The molecule has 1 unspecified atom stereocenters. The number of benzene rings is 2. The Morgan fingerprint density at radius 1 is 1.11 bits per heavy atom. The zero-order valence-electron chi connectivity index (χ0n) is 15.8. The molecular weight excluding hydrogens is 394 g/mol. The van der Waals surface area contributed by atoms with Gasteiger partial charge in [0.05, 0.1) is 26.0 Å². The van der Waals surface area contributed by atoms with Gasteiger partial charge in [0.25, 0.3) is 0 Å². The molecule has 0 amide bonds. The lowest BCUT2D eigenvalue weighted by atomic mass is 10.0. The van der Waals surface area contributed by atoms with E-state index in [1.165, 1.54) is 0 Å². The summed E-state index contributed by atoms with van der Waals surface area (Å²) < 4.78 is 10.9. The van der Waals surface area contributed by atoms with Crippen LogP contribution >= 0.6 is 22.9 Å². The van der Waals surface area contributed by atoms with Crippen LogP contribution in [-0.4, -0.2) is 24.9 Å². The molecule has 2 aromatic carbocycles. The fourth-order valence-electron chi connectivity index (χ4n) is 3.29. The highest BCUT2D eigenvalue weighted by Gasteiger charge is 2.31. The molecule has 2 heterocycles. The third-order valence-electron chi connectivity index (χ3n) is 4.69. The molecule has 0 bridgehead atoms. The van der Waals surface area contributed by atoms with Crippen LogP contribution in [0.3, 0.4) is 0 Å². The van der Waals surface area contributed by atoms with Crippen molar-refractivity contribution in [3.8, 4) is 22.8 Å². The number of rotatable bonds is 5. The van der Waals surface area contributed by atoms with Crippen molar-refractivity contribution in [2.45, 2.75) is 19.4 Å². The van der Waals surface area contributed by atoms with Crippen LogP contribution in [0.1, 0.15) is 24.9 Å². The van der Waals surface area contributed by atoms with Crippen LogP contribution in [0.4, 0.5) is 5.13 Å². The van der Waals surface area contributed by atoms with Crippen molar-refractivity contribution >= 4 is 33.8 Å². The Morgan fingerprint density at radius 3 is 2.61 bits per heavy atom. The zero-order valence-corrected chi connectivity index (χ0v) is 17.4. The van der Waals surface area contributed by atoms with E-state index in [0.717, 1.165) is 45.6 Å². The maximum atomic E-state index is 6.00. The normalized spacial score (nSPS) is 16.2. The summed E-state index contributed by atoms with van der Waals surface area (Å²) in [6.07, 6.45) is 0.818. The summed E-state index contributed by atoms with van der Waals surface area (Å²) in [6, 6.07) is 13.6. The molecule has 0 fully saturated rings. The fourth-order valence-corrected chi connectivity index (χ4v) is 4.25. The van der Waals surface area contributed by atoms with Gasteiger partial charge in [0, 0.05) is 39.7 Å². The summed E-state index contributed by atoms with van der Waals surface area (Å²) in [5.74, 6) is 1.55. The lowest BCUT2D eigenvalue weighted by Crippen LogP contribution is -2.19. The first-order valence-electron chi connectivity index (χ1n) is 8.85. The van der Waals surface area contributed by atoms with Gasteiger partial charge in [-0.1, -0.05) is 23.7 Å². The molecule has 0 spiro atoms. The Morgan fingerprint density at radius 2 is 1.89 bits per heavy atom. The highest BCUT2D eigenvalue weighted by molar-refractivity contribution is 7.14. The predicted molar refractivity (Wildman–Crippen MR) is 115 cm³/mol. The second-order valence-electron chi connectivity index (χ2n) is 6.53. The van der Waals surface area contributed by atoms with E-state index < -0.39 is 0 Å². The molecule has 0 aliphatic carbocycles. The molecule has 28 heavy (non-hydrogen) atoms. The first-order valence-corrected chi connectivity index (χ1v) is 10.1. The van der Waals surface area contributed by atoms with E-state index in [1.807, 2.05) is 59.8 Å². The van der Waals surface area contributed by atoms with Crippen molar-refractivity contribution < 1.29 is 9.47 Å². The molecule has 0 radical (unpaired) electrons. The van der Waals surface area contributed by atoms with Crippen molar-refractivity contribution in [1.82, 2.24) is 4.98 Å². The molecule has 4 rings (SSSR count). The average molecular weight is 414 g/mol. The summed E-state index contributed by atoms with van der Waals surface area (Å²) >= 11 is 7.57. The summed E-state index contributed by atoms with van der Waals surface area (Å²) in [7, 11) is 3.32. The Kier molecular flexibility index (Phi) is 5.24. The number of ether oxygens (including phenoxy) is 2. The lowest BCUT2D eigenvalue weighted by Gasteiger charge is -2.23. The molecule has 1 atom stereocenters. The number of anilines is 1. The van der Waals surface area contributed by atoms with Gasteiger partial charge in [0.1, 0.15) is 11.5 Å². The topological polar surface area (TPSA) is 47.0 Å². The van der Waals surface area contributed by atoms with Crippen LogP contribution in [0.25, 0.3) is 11.3 Å². The summed E-state index contributed by atoms with van der Waals surface area (Å²) in [5.41, 5.74) is 4.07.